The number of piperazine rings is 1. The van der Waals surface area contributed by atoms with Crippen LogP contribution in [0.1, 0.15) is 16.1 Å². The number of aryl methyl sites for hydroxylation is 1. The summed E-state index contributed by atoms with van der Waals surface area (Å²) in [5.41, 5.74) is 3.97. The Kier molecular flexibility index (Phi) is 5.07. The number of aromatic nitrogens is 1. The summed E-state index contributed by atoms with van der Waals surface area (Å²) in [5, 5.41) is 5.82. The van der Waals surface area contributed by atoms with Gasteiger partial charge in [-0.05, 0) is 36.8 Å². The minimum atomic E-state index is 0.0104. The van der Waals surface area contributed by atoms with Crippen molar-refractivity contribution in [2.75, 3.05) is 36.4 Å². The van der Waals surface area contributed by atoms with E-state index in [9.17, 15) is 4.79 Å². The predicted octanol–water partition coefficient (Wildman–Crippen LogP) is 4.16. The van der Waals surface area contributed by atoms with Crippen molar-refractivity contribution in [1.29, 1.82) is 0 Å². The monoisotopic (exact) mass is 378 g/mol. The topological polar surface area (TPSA) is 48.5 Å². The molecule has 1 aliphatic rings. The third-order valence-electron chi connectivity index (χ3n) is 4.68. The summed E-state index contributed by atoms with van der Waals surface area (Å²) in [6.07, 6.45) is 0. The highest BCUT2D eigenvalue weighted by Crippen LogP contribution is 2.23. The average molecular weight is 379 g/mol. The van der Waals surface area contributed by atoms with E-state index in [1.165, 1.54) is 22.6 Å². The van der Waals surface area contributed by atoms with E-state index < -0.39 is 0 Å². The molecule has 1 fully saturated rings. The maximum Gasteiger partial charge on any atom is 0.273 e. The summed E-state index contributed by atoms with van der Waals surface area (Å²) in [7, 11) is 0. The Morgan fingerprint density at radius 1 is 1.04 bits per heavy atom. The van der Waals surface area contributed by atoms with Gasteiger partial charge in [-0.1, -0.05) is 30.3 Å². The maximum absolute atomic E-state index is 12.8. The molecule has 2 aromatic carbocycles. The van der Waals surface area contributed by atoms with Gasteiger partial charge in [-0.3, -0.25) is 4.79 Å². The van der Waals surface area contributed by atoms with Crippen molar-refractivity contribution in [1.82, 2.24) is 9.88 Å². The molecule has 0 aliphatic carbocycles. The second-order valence-corrected chi connectivity index (χ2v) is 7.51. The van der Waals surface area contributed by atoms with Gasteiger partial charge in [0.2, 0.25) is 0 Å². The number of nitrogens with one attached hydrogen (secondary N) is 1. The number of para-hydroxylation sites is 1. The first kappa shape index (κ1) is 17.5. The lowest BCUT2D eigenvalue weighted by Gasteiger charge is -2.36. The van der Waals surface area contributed by atoms with Crippen LogP contribution in [0, 0.1) is 6.92 Å². The van der Waals surface area contributed by atoms with E-state index in [2.05, 4.69) is 46.4 Å². The van der Waals surface area contributed by atoms with Gasteiger partial charge in [-0.2, -0.15) is 0 Å². The number of hydrogen-bond acceptors (Lipinski definition) is 5. The van der Waals surface area contributed by atoms with Gasteiger partial charge >= 0.3 is 0 Å². The minimum Gasteiger partial charge on any atom is -0.368 e. The Bertz CT molecular complexity index is 917. The minimum absolute atomic E-state index is 0.0104. The second kappa shape index (κ2) is 7.80. The summed E-state index contributed by atoms with van der Waals surface area (Å²) >= 11 is 1.46. The molecular formula is C21H22N4OS. The Morgan fingerprint density at radius 3 is 2.56 bits per heavy atom. The molecule has 0 saturated carbocycles. The van der Waals surface area contributed by atoms with Crippen LogP contribution in [0.3, 0.4) is 0 Å². The largest absolute Gasteiger partial charge is 0.368 e. The van der Waals surface area contributed by atoms with Gasteiger partial charge in [-0.25, -0.2) is 4.98 Å². The molecular weight excluding hydrogens is 356 g/mol. The fourth-order valence-corrected chi connectivity index (χ4v) is 3.93. The van der Waals surface area contributed by atoms with Crippen molar-refractivity contribution >= 4 is 33.8 Å². The number of rotatable bonds is 4. The molecule has 6 heteroatoms. The van der Waals surface area contributed by atoms with Crippen LogP contribution in [0.4, 0.5) is 16.5 Å². The Labute approximate surface area is 163 Å². The van der Waals surface area contributed by atoms with Crippen LogP contribution in [-0.4, -0.2) is 42.0 Å². The van der Waals surface area contributed by atoms with Gasteiger partial charge in [0, 0.05) is 42.9 Å². The quantitative estimate of drug-likeness (QED) is 0.741. The fourth-order valence-electron chi connectivity index (χ4n) is 3.23. The summed E-state index contributed by atoms with van der Waals surface area (Å²) in [6.45, 7) is 5.22. The third kappa shape index (κ3) is 4.11. The van der Waals surface area contributed by atoms with Crippen molar-refractivity contribution in [3.63, 3.8) is 0 Å². The number of hydrogen-bond donors (Lipinski definition) is 1. The lowest BCUT2D eigenvalue weighted by atomic mass is 10.2. The first-order chi connectivity index (χ1) is 13.2. The summed E-state index contributed by atoms with van der Waals surface area (Å²) in [5.74, 6) is 0.0104. The average Bonchev–Trinajstić information content (AvgIpc) is 3.17. The molecule has 1 aromatic heterocycles. The zero-order chi connectivity index (χ0) is 18.6. The first-order valence-corrected chi connectivity index (χ1v) is 9.95. The summed E-state index contributed by atoms with van der Waals surface area (Å²) in [6, 6.07) is 18.4. The lowest BCUT2D eigenvalue weighted by molar-refractivity contribution is 0.0742. The standard InChI is InChI=1S/C21H22N4OS/c1-16-6-5-9-18(14-16)24-10-12-25(13-11-24)20(26)19-15-27-21(23-19)22-17-7-3-2-4-8-17/h2-9,14-15H,10-13H2,1H3,(H,22,23). The number of nitrogens with zero attached hydrogens (tertiary/aromatic N) is 3. The third-order valence-corrected chi connectivity index (χ3v) is 5.44. The number of thiazole rings is 1. The Morgan fingerprint density at radius 2 is 1.81 bits per heavy atom. The van der Waals surface area contributed by atoms with E-state index >= 15 is 0 Å². The van der Waals surface area contributed by atoms with E-state index in [0.29, 0.717) is 18.8 Å². The predicted molar refractivity (Wildman–Crippen MR) is 111 cm³/mol. The zero-order valence-electron chi connectivity index (χ0n) is 15.3. The van der Waals surface area contributed by atoms with E-state index in [1.807, 2.05) is 40.6 Å². The van der Waals surface area contributed by atoms with Crippen LogP contribution < -0.4 is 10.2 Å². The molecule has 2 heterocycles. The van der Waals surface area contributed by atoms with Crippen LogP contribution >= 0.6 is 11.3 Å². The molecule has 3 aromatic rings. The number of anilines is 3. The van der Waals surface area contributed by atoms with Crippen LogP contribution in [0.25, 0.3) is 0 Å². The summed E-state index contributed by atoms with van der Waals surface area (Å²) < 4.78 is 0. The highest BCUT2D eigenvalue weighted by molar-refractivity contribution is 7.14. The van der Waals surface area contributed by atoms with E-state index in [-0.39, 0.29) is 5.91 Å². The van der Waals surface area contributed by atoms with Gasteiger partial charge in [0.05, 0.1) is 0 Å². The van der Waals surface area contributed by atoms with E-state index in [1.54, 1.807) is 0 Å². The molecule has 0 unspecified atom stereocenters. The molecule has 1 amide bonds. The van der Waals surface area contributed by atoms with Crippen LogP contribution in [0.2, 0.25) is 0 Å². The SMILES string of the molecule is Cc1cccc(N2CCN(C(=O)c3csc(Nc4ccccc4)n3)CC2)c1. The van der Waals surface area contributed by atoms with Crippen LogP contribution in [0.15, 0.2) is 60.0 Å². The smallest absolute Gasteiger partial charge is 0.273 e. The van der Waals surface area contributed by atoms with E-state index in [4.69, 9.17) is 0 Å². The van der Waals surface area contributed by atoms with Crippen molar-refractivity contribution < 1.29 is 4.79 Å². The lowest BCUT2D eigenvalue weighted by Crippen LogP contribution is -2.48. The maximum atomic E-state index is 12.8. The van der Waals surface area contributed by atoms with Crippen LogP contribution in [0.5, 0.6) is 0 Å². The molecule has 0 radical (unpaired) electrons. The van der Waals surface area contributed by atoms with Crippen molar-refractivity contribution in [3.8, 4) is 0 Å². The van der Waals surface area contributed by atoms with Gasteiger partial charge in [0.15, 0.2) is 5.13 Å². The number of benzene rings is 2. The number of carbonyl (C=O) groups excluding carboxylic acids is 1. The fraction of sp³-hybridized carbons (Fsp3) is 0.238. The number of carbonyl (C=O) groups is 1. The molecule has 27 heavy (non-hydrogen) atoms. The molecule has 1 N–H and O–H groups in total. The van der Waals surface area contributed by atoms with Crippen LogP contribution in [-0.2, 0) is 0 Å². The number of amides is 1. The van der Waals surface area contributed by atoms with Gasteiger partial charge < -0.3 is 15.1 Å². The highest BCUT2D eigenvalue weighted by atomic mass is 32.1. The molecule has 0 bridgehead atoms. The first-order valence-electron chi connectivity index (χ1n) is 9.07. The molecule has 1 aliphatic heterocycles. The molecule has 0 spiro atoms. The zero-order valence-corrected chi connectivity index (χ0v) is 16.1. The summed E-state index contributed by atoms with van der Waals surface area (Å²) in [4.78, 5) is 21.5. The molecule has 1 saturated heterocycles. The Balaban J connectivity index is 1.37. The normalized spacial score (nSPS) is 14.3. The molecule has 138 valence electrons. The van der Waals surface area contributed by atoms with Crippen molar-refractivity contribution in [2.24, 2.45) is 0 Å². The molecule has 5 nitrogen and oxygen atoms in total. The Hall–Kier alpha value is -2.86. The van der Waals surface area contributed by atoms with Gasteiger partial charge in [-0.15, -0.1) is 11.3 Å². The second-order valence-electron chi connectivity index (χ2n) is 6.65. The van der Waals surface area contributed by atoms with Crippen molar-refractivity contribution in [2.45, 2.75) is 6.92 Å². The molecule has 0 atom stereocenters. The van der Waals surface area contributed by atoms with E-state index in [0.717, 1.165) is 23.9 Å². The molecule has 4 rings (SSSR count). The highest BCUT2D eigenvalue weighted by Gasteiger charge is 2.24. The van der Waals surface area contributed by atoms with Gasteiger partial charge in [0.25, 0.3) is 5.91 Å². The van der Waals surface area contributed by atoms with Crippen molar-refractivity contribution in [3.05, 3.63) is 71.2 Å². The van der Waals surface area contributed by atoms with Gasteiger partial charge in [0.1, 0.15) is 5.69 Å².